The normalized spacial score (nSPS) is 15.8. The number of nitrogens with zero attached hydrogens (tertiary/aromatic N) is 1. The SMILES string of the molecule is CC(c1ccccc1)N(C(C)c1ccccc1)S(=O)O. The molecule has 2 aromatic carbocycles. The quantitative estimate of drug-likeness (QED) is 0.847. The van der Waals surface area contributed by atoms with Crippen LogP contribution in [0.3, 0.4) is 0 Å². The Morgan fingerprint density at radius 3 is 1.50 bits per heavy atom. The molecule has 3 unspecified atom stereocenters. The van der Waals surface area contributed by atoms with Gasteiger partial charge in [0.2, 0.25) is 11.3 Å². The Morgan fingerprint density at radius 1 is 0.850 bits per heavy atom. The lowest BCUT2D eigenvalue weighted by molar-refractivity contribution is 0.274. The Kier molecular flexibility index (Phi) is 5.06. The van der Waals surface area contributed by atoms with Crippen LogP contribution in [0, 0.1) is 0 Å². The molecule has 0 fully saturated rings. The van der Waals surface area contributed by atoms with Gasteiger partial charge in [0.15, 0.2) is 0 Å². The van der Waals surface area contributed by atoms with Crippen LogP contribution >= 0.6 is 0 Å². The van der Waals surface area contributed by atoms with Crippen LogP contribution in [0.5, 0.6) is 0 Å². The summed E-state index contributed by atoms with van der Waals surface area (Å²) < 4.78 is 23.0. The van der Waals surface area contributed by atoms with Crippen molar-refractivity contribution in [1.82, 2.24) is 4.31 Å². The van der Waals surface area contributed by atoms with E-state index in [0.29, 0.717) is 0 Å². The third-order valence-corrected chi connectivity index (χ3v) is 4.50. The van der Waals surface area contributed by atoms with Gasteiger partial charge in [-0.2, -0.15) is 4.31 Å². The van der Waals surface area contributed by atoms with Crippen molar-refractivity contribution in [2.75, 3.05) is 0 Å². The minimum atomic E-state index is -2.03. The van der Waals surface area contributed by atoms with Crippen molar-refractivity contribution in [2.45, 2.75) is 25.9 Å². The number of hydrogen-bond donors (Lipinski definition) is 1. The highest BCUT2D eigenvalue weighted by molar-refractivity contribution is 7.76. The van der Waals surface area contributed by atoms with E-state index in [9.17, 15) is 8.76 Å². The largest absolute Gasteiger partial charge is 0.294 e. The summed E-state index contributed by atoms with van der Waals surface area (Å²) >= 11 is -2.03. The van der Waals surface area contributed by atoms with Crippen molar-refractivity contribution in [1.29, 1.82) is 0 Å². The van der Waals surface area contributed by atoms with E-state index < -0.39 is 11.3 Å². The van der Waals surface area contributed by atoms with Gasteiger partial charge in [-0.1, -0.05) is 60.7 Å². The molecule has 0 aliphatic rings. The average molecular weight is 289 g/mol. The second-order valence-electron chi connectivity index (χ2n) is 4.76. The Morgan fingerprint density at radius 2 is 1.20 bits per heavy atom. The predicted octanol–water partition coefficient (Wildman–Crippen LogP) is 3.95. The van der Waals surface area contributed by atoms with Crippen LogP contribution in [0.15, 0.2) is 60.7 Å². The Bertz CT molecular complexity index is 514. The van der Waals surface area contributed by atoms with E-state index >= 15 is 0 Å². The molecule has 3 nitrogen and oxygen atoms in total. The summed E-state index contributed by atoms with van der Waals surface area (Å²) in [5.74, 6) is 0. The van der Waals surface area contributed by atoms with Gasteiger partial charge in [0.25, 0.3) is 0 Å². The van der Waals surface area contributed by atoms with E-state index in [1.54, 1.807) is 4.31 Å². The molecule has 0 aromatic heterocycles. The van der Waals surface area contributed by atoms with Crippen LogP contribution < -0.4 is 0 Å². The fourth-order valence-corrected chi connectivity index (χ4v) is 3.15. The summed E-state index contributed by atoms with van der Waals surface area (Å²) in [4.78, 5) is 0. The zero-order valence-corrected chi connectivity index (χ0v) is 12.5. The summed E-state index contributed by atoms with van der Waals surface area (Å²) in [7, 11) is 0. The number of hydrogen-bond acceptors (Lipinski definition) is 1. The zero-order chi connectivity index (χ0) is 14.5. The molecule has 0 saturated heterocycles. The van der Waals surface area contributed by atoms with Gasteiger partial charge in [-0.25, -0.2) is 4.21 Å². The van der Waals surface area contributed by atoms with Crippen molar-refractivity contribution in [2.24, 2.45) is 0 Å². The molecule has 3 atom stereocenters. The first-order chi connectivity index (χ1) is 9.61. The average Bonchev–Trinajstić information content (AvgIpc) is 2.48. The summed E-state index contributed by atoms with van der Waals surface area (Å²) in [5.41, 5.74) is 2.05. The first kappa shape index (κ1) is 14.9. The van der Waals surface area contributed by atoms with Crippen molar-refractivity contribution in [3.63, 3.8) is 0 Å². The molecule has 0 bridgehead atoms. The minimum Gasteiger partial charge on any atom is -0.294 e. The van der Waals surface area contributed by atoms with Gasteiger partial charge in [0, 0.05) is 12.1 Å². The van der Waals surface area contributed by atoms with Crippen LogP contribution in [-0.4, -0.2) is 13.1 Å². The van der Waals surface area contributed by atoms with Crippen molar-refractivity contribution in [3.05, 3.63) is 71.8 Å². The van der Waals surface area contributed by atoms with Crippen LogP contribution in [0.1, 0.15) is 37.1 Å². The summed E-state index contributed by atoms with van der Waals surface area (Å²) in [5, 5.41) is 0. The van der Waals surface area contributed by atoms with Crippen LogP contribution in [-0.2, 0) is 11.3 Å². The molecule has 0 aliphatic heterocycles. The van der Waals surface area contributed by atoms with Gasteiger partial charge in [-0.05, 0) is 25.0 Å². The third-order valence-electron chi connectivity index (χ3n) is 3.51. The predicted molar refractivity (Wildman–Crippen MR) is 82.3 cm³/mol. The molecule has 0 spiro atoms. The van der Waals surface area contributed by atoms with Gasteiger partial charge in [0.1, 0.15) is 0 Å². The molecule has 2 aromatic rings. The molecule has 4 heteroatoms. The first-order valence-corrected chi connectivity index (χ1v) is 7.67. The fraction of sp³-hybridized carbons (Fsp3) is 0.250. The van der Waals surface area contributed by atoms with Gasteiger partial charge < -0.3 is 0 Å². The Labute approximate surface area is 122 Å². The molecule has 2 rings (SSSR count). The lowest BCUT2D eigenvalue weighted by Crippen LogP contribution is -2.31. The zero-order valence-electron chi connectivity index (χ0n) is 11.6. The van der Waals surface area contributed by atoms with Gasteiger partial charge in [-0.3, -0.25) is 4.55 Å². The molecule has 20 heavy (non-hydrogen) atoms. The van der Waals surface area contributed by atoms with Crippen LogP contribution in [0.25, 0.3) is 0 Å². The summed E-state index contributed by atoms with van der Waals surface area (Å²) in [6.07, 6.45) is 0. The van der Waals surface area contributed by atoms with Crippen LogP contribution in [0.4, 0.5) is 0 Å². The maximum absolute atomic E-state index is 11.8. The van der Waals surface area contributed by atoms with E-state index in [-0.39, 0.29) is 12.1 Å². The van der Waals surface area contributed by atoms with Gasteiger partial charge in [-0.15, -0.1) is 0 Å². The first-order valence-electron chi connectivity index (χ1n) is 6.60. The third kappa shape index (κ3) is 3.33. The van der Waals surface area contributed by atoms with E-state index in [1.807, 2.05) is 74.5 Å². The van der Waals surface area contributed by atoms with Crippen molar-refractivity contribution < 1.29 is 8.76 Å². The van der Waals surface area contributed by atoms with E-state index in [4.69, 9.17) is 0 Å². The standard InChI is InChI=1S/C16H19NO2S/c1-13(15-9-5-3-6-10-15)17(20(18)19)14(2)16-11-7-4-8-12-16/h3-14H,1-2H3,(H,18,19). The topological polar surface area (TPSA) is 40.5 Å². The number of benzene rings is 2. The molecule has 0 saturated carbocycles. The minimum absolute atomic E-state index is 0.141. The second-order valence-corrected chi connectivity index (χ2v) is 5.65. The summed E-state index contributed by atoms with van der Waals surface area (Å²) in [6.45, 7) is 3.89. The fourth-order valence-electron chi connectivity index (χ4n) is 2.36. The second kappa shape index (κ2) is 6.79. The smallest absolute Gasteiger partial charge is 0.235 e. The highest BCUT2D eigenvalue weighted by atomic mass is 32.2. The molecule has 0 radical (unpaired) electrons. The summed E-state index contributed by atoms with van der Waals surface area (Å²) in [6, 6.07) is 19.3. The molecule has 0 amide bonds. The number of rotatable bonds is 5. The Hall–Kier alpha value is -1.49. The van der Waals surface area contributed by atoms with Crippen molar-refractivity contribution in [3.8, 4) is 0 Å². The molecule has 106 valence electrons. The highest BCUT2D eigenvalue weighted by Gasteiger charge is 2.27. The van der Waals surface area contributed by atoms with E-state index in [1.165, 1.54) is 0 Å². The molecular weight excluding hydrogens is 270 g/mol. The molecular formula is C16H19NO2S. The molecule has 1 N–H and O–H groups in total. The monoisotopic (exact) mass is 289 g/mol. The maximum Gasteiger partial charge on any atom is 0.235 e. The molecule has 0 heterocycles. The lowest BCUT2D eigenvalue weighted by Gasteiger charge is -2.31. The van der Waals surface area contributed by atoms with Gasteiger partial charge >= 0.3 is 0 Å². The Balaban J connectivity index is 2.30. The maximum atomic E-state index is 11.8. The van der Waals surface area contributed by atoms with Gasteiger partial charge in [0.05, 0.1) is 0 Å². The highest BCUT2D eigenvalue weighted by Crippen LogP contribution is 2.31. The van der Waals surface area contributed by atoms with Crippen LogP contribution in [0.2, 0.25) is 0 Å². The molecule has 0 aliphatic carbocycles. The van der Waals surface area contributed by atoms with Crippen molar-refractivity contribution >= 4 is 11.3 Å². The lowest BCUT2D eigenvalue weighted by atomic mass is 10.0. The van der Waals surface area contributed by atoms with E-state index in [2.05, 4.69) is 0 Å². The van der Waals surface area contributed by atoms with E-state index in [0.717, 1.165) is 11.1 Å².